The number of hydrogen-bond acceptors (Lipinski definition) is 3. The van der Waals surface area contributed by atoms with Gasteiger partial charge in [-0.15, -0.1) is 0 Å². The maximum absolute atomic E-state index is 11.1. The van der Waals surface area contributed by atoms with E-state index in [-0.39, 0.29) is 11.2 Å². The number of para-hydroxylation sites is 1. The summed E-state index contributed by atoms with van der Waals surface area (Å²) in [5.41, 5.74) is 1.13. The molecule has 1 fully saturated rings. The molecule has 0 amide bonds. The van der Waals surface area contributed by atoms with Gasteiger partial charge in [-0.2, -0.15) is 0 Å². The molecule has 2 rings (SSSR count). The third kappa shape index (κ3) is 2.34. The van der Waals surface area contributed by atoms with E-state index in [9.17, 15) is 4.79 Å². The molecule has 1 aliphatic rings. The predicted octanol–water partition coefficient (Wildman–Crippen LogP) is 2.33. The van der Waals surface area contributed by atoms with E-state index in [1.807, 2.05) is 18.2 Å². The second-order valence-electron chi connectivity index (χ2n) is 4.68. The van der Waals surface area contributed by atoms with Crippen LogP contribution in [0.5, 0.6) is 5.75 Å². The van der Waals surface area contributed by atoms with Crippen LogP contribution in [0.15, 0.2) is 24.3 Å². The monoisotopic (exact) mass is 234 g/mol. The molecule has 0 saturated carbocycles. The van der Waals surface area contributed by atoms with E-state index < -0.39 is 0 Å². The summed E-state index contributed by atoms with van der Waals surface area (Å²) < 4.78 is 10.8. The van der Waals surface area contributed by atoms with Crippen LogP contribution in [-0.2, 0) is 14.9 Å². The highest BCUT2D eigenvalue weighted by Crippen LogP contribution is 2.41. The van der Waals surface area contributed by atoms with Crippen molar-refractivity contribution in [1.82, 2.24) is 0 Å². The second kappa shape index (κ2) is 4.88. The second-order valence-corrected chi connectivity index (χ2v) is 4.68. The molecule has 0 bridgehead atoms. The van der Waals surface area contributed by atoms with Gasteiger partial charge in [0.1, 0.15) is 11.5 Å². The molecule has 92 valence electrons. The van der Waals surface area contributed by atoms with Gasteiger partial charge in [0.05, 0.1) is 20.3 Å². The van der Waals surface area contributed by atoms with Gasteiger partial charge in [0, 0.05) is 17.4 Å². The molecule has 0 atom stereocenters. The lowest BCUT2D eigenvalue weighted by molar-refractivity contribution is -0.119. The molecular formula is C14H18O3. The largest absolute Gasteiger partial charge is 0.496 e. The Morgan fingerprint density at radius 2 is 2.12 bits per heavy atom. The molecule has 0 aliphatic carbocycles. The van der Waals surface area contributed by atoms with Crippen LogP contribution < -0.4 is 4.74 Å². The molecule has 0 unspecified atom stereocenters. The maximum atomic E-state index is 11.1. The van der Waals surface area contributed by atoms with Gasteiger partial charge in [-0.05, 0) is 19.4 Å². The van der Waals surface area contributed by atoms with E-state index in [2.05, 4.69) is 6.07 Å². The molecule has 0 radical (unpaired) electrons. The molecule has 0 spiro atoms. The van der Waals surface area contributed by atoms with Crippen molar-refractivity contribution in [3.8, 4) is 5.75 Å². The third-order valence-corrected chi connectivity index (χ3v) is 3.39. The van der Waals surface area contributed by atoms with E-state index >= 15 is 0 Å². The average Bonchev–Trinajstić information content (AvgIpc) is 2.28. The van der Waals surface area contributed by atoms with Crippen molar-refractivity contribution in [2.75, 3.05) is 20.3 Å². The fourth-order valence-electron chi connectivity index (χ4n) is 2.28. The molecule has 0 aromatic heterocycles. The molecule has 3 nitrogen and oxygen atoms in total. The van der Waals surface area contributed by atoms with E-state index in [4.69, 9.17) is 9.47 Å². The van der Waals surface area contributed by atoms with Crippen LogP contribution in [0, 0.1) is 0 Å². The number of ketones is 1. The van der Waals surface area contributed by atoms with Gasteiger partial charge in [0.2, 0.25) is 0 Å². The molecule has 1 heterocycles. The zero-order valence-corrected chi connectivity index (χ0v) is 10.4. The number of methoxy groups -OCH3 is 1. The van der Waals surface area contributed by atoms with Gasteiger partial charge in [0.15, 0.2) is 0 Å². The zero-order chi connectivity index (χ0) is 12.3. The Bertz CT molecular complexity index is 408. The first-order valence-corrected chi connectivity index (χ1v) is 5.89. The number of Topliss-reactive ketones (excluding diaryl/α,β-unsaturated/α-hetero) is 1. The van der Waals surface area contributed by atoms with E-state index in [0.29, 0.717) is 19.6 Å². The Morgan fingerprint density at radius 1 is 1.41 bits per heavy atom. The summed E-state index contributed by atoms with van der Waals surface area (Å²) in [4.78, 5) is 11.1. The molecule has 0 N–H and O–H groups in total. The number of rotatable bonds is 5. The summed E-state index contributed by atoms with van der Waals surface area (Å²) in [5.74, 6) is 1.12. The number of carbonyl (C=O) groups excluding carboxylic acids is 1. The fourth-order valence-corrected chi connectivity index (χ4v) is 2.28. The predicted molar refractivity (Wildman–Crippen MR) is 65.4 cm³/mol. The smallest absolute Gasteiger partial charge is 0.129 e. The summed E-state index contributed by atoms with van der Waals surface area (Å²) in [6.45, 7) is 3.00. The minimum absolute atomic E-state index is 0.0295. The molecule has 1 saturated heterocycles. The lowest BCUT2D eigenvalue weighted by Gasteiger charge is -2.42. The van der Waals surface area contributed by atoms with Crippen molar-refractivity contribution in [2.24, 2.45) is 0 Å². The fraction of sp³-hybridized carbons (Fsp3) is 0.500. The van der Waals surface area contributed by atoms with Crippen molar-refractivity contribution in [3.05, 3.63) is 29.8 Å². The van der Waals surface area contributed by atoms with Crippen LogP contribution in [0.3, 0.4) is 0 Å². The van der Waals surface area contributed by atoms with Gasteiger partial charge in [0.25, 0.3) is 0 Å². The van der Waals surface area contributed by atoms with E-state index in [1.54, 1.807) is 14.0 Å². The topological polar surface area (TPSA) is 35.5 Å². The average molecular weight is 234 g/mol. The van der Waals surface area contributed by atoms with Crippen LogP contribution >= 0.6 is 0 Å². The number of carbonyl (C=O) groups is 1. The van der Waals surface area contributed by atoms with Gasteiger partial charge < -0.3 is 14.3 Å². The quantitative estimate of drug-likeness (QED) is 0.784. The molecule has 1 aromatic carbocycles. The lowest BCUT2D eigenvalue weighted by atomic mass is 9.74. The first-order chi connectivity index (χ1) is 8.18. The number of benzene rings is 1. The highest BCUT2D eigenvalue weighted by Gasteiger charge is 2.41. The van der Waals surface area contributed by atoms with Crippen LogP contribution in [-0.4, -0.2) is 26.1 Å². The molecule has 1 aromatic rings. The Hall–Kier alpha value is -1.35. The summed E-state index contributed by atoms with van der Waals surface area (Å²) in [5, 5.41) is 0. The van der Waals surface area contributed by atoms with E-state index in [1.165, 1.54) is 0 Å². The highest BCUT2D eigenvalue weighted by molar-refractivity contribution is 5.75. The van der Waals surface area contributed by atoms with Crippen LogP contribution in [0.25, 0.3) is 0 Å². The van der Waals surface area contributed by atoms with Gasteiger partial charge >= 0.3 is 0 Å². The summed E-state index contributed by atoms with van der Waals surface area (Å²) in [6, 6.07) is 8.00. The number of ether oxygens (including phenoxy) is 2. The summed E-state index contributed by atoms with van der Waals surface area (Å²) in [7, 11) is 1.68. The van der Waals surface area contributed by atoms with Crippen LogP contribution in [0.2, 0.25) is 0 Å². The lowest BCUT2D eigenvalue weighted by Crippen LogP contribution is -2.47. The normalized spacial score (nSPS) is 17.3. The third-order valence-electron chi connectivity index (χ3n) is 3.39. The first kappa shape index (κ1) is 12.1. The molecule has 1 aliphatic heterocycles. The Balaban J connectivity index is 2.24. The Morgan fingerprint density at radius 3 is 2.65 bits per heavy atom. The van der Waals surface area contributed by atoms with Crippen molar-refractivity contribution < 1.29 is 14.3 Å². The van der Waals surface area contributed by atoms with Crippen molar-refractivity contribution in [2.45, 2.75) is 25.2 Å². The minimum atomic E-state index is -0.0295. The van der Waals surface area contributed by atoms with Crippen molar-refractivity contribution in [1.29, 1.82) is 0 Å². The van der Waals surface area contributed by atoms with Crippen LogP contribution in [0.1, 0.15) is 25.3 Å². The maximum Gasteiger partial charge on any atom is 0.129 e. The zero-order valence-electron chi connectivity index (χ0n) is 10.4. The van der Waals surface area contributed by atoms with Crippen molar-refractivity contribution >= 4 is 5.78 Å². The Kier molecular flexibility index (Phi) is 3.48. The number of hydrogen-bond donors (Lipinski definition) is 0. The molecular weight excluding hydrogens is 216 g/mol. The van der Waals surface area contributed by atoms with Gasteiger partial charge in [-0.1, -0.05) is 18.2 Å². The van der Waals surface area contributed by atoms with Crippen LogP contribution in [0.4, 0.5) is 0 Å². The van der Waals surface area contributed by atoms with Crippen molar-refractivity contribution in [3.63, 3.8) is 0 Å². The van der Waals surface area contributed by atoms with Gasteiger partial charge in [-0.25, -0.2) is 0 Å². The summed E-state index contributed by atoms with van der Waals surface area (Å²) >= 11 is 0. The SMILES string of the molecule is COc1ccccc1C1(CCC(C)=O)COC1. The van der Waals surface area contributed by atoms with E-state index in [0.717, 1.165) is 17.7 Å². The minimum Gasteiger partial charge on any atom is -0.496 e. The highest BCUT2D eigenvalue weighted by atomic mass is 16.5. The van der Waals surface area contributed by atoms with Gasteiger partial charge in [-0.3, -0.25) is 0 Å². The molecule has 3 heteroatoms. The first-order valence-electron chi connectivity index (χ1n) is 5.89. The standard InChI is InChI=1S/C14H18O3/c1-11(15)7-8-14(9-17-10-14)12-5-3-4-6-13(12)16-2/h3-6H,7-10H2,1-2H3. The Labute approximate surface area is 102 Å². The summed E-state index contributed by atoms with van der Waals surface area (Å²) in [6.07, 6.45) is 1.43. The molecule has 17 heavy (non-hydrogen) atoms.